The van der Waals surface area contributed by atoms with Gasteiger partial charge in [0.15, 0.2) is 5.13 Å². The number of amides is 1. The Kier molecular flexibility index (Phi) is 4.76. The molecule has 1 aromatic rings. The number of nitrogen functional groups attached to an aromatic ring is 1. The Balaban J connectivity index is 1.97. The number of hydrogen-bond donors (Lipinski definition) is 2. The Labute approximate surface area is 118 Å². The van der Waals surface area contributed by atoms with Gasteiger partial charge in [-0.1, -0.05) is 25.2 Å². The molecule has 1 saturated heterocycles. The number of hydrazine groups is 1. The van der Waals surface area contributed by atoms with Gasteiger partial charge in [0, 0.05) is 24.0 Å². The minimum Gasteiger partial charge on any atom is -0.337 e. The molecule has 1 fully saturated rings. The number of carbonyl (C=O) groups excluding carboxylic acids is 1. The van der Waals surface area contributed by atoms with Gasteiger partial charge in [0.05, 0.1) is 6.54 Å². The molecule has 1 atom stereocenters. The maximum atomic E-state index is 12.1. The standard InChI is InChI=1S/C13H22N4OS/c1-9(2)10-3-4-12(18)17(6-5-10)8-11-7-15-13(16-14)19-11/h7,9-10H,3-6,8,14H2,1-2H3,(H,15,16). The van der Waals surface area contributed by atoms with Crippen LogP contribution in [0.25, 0.3) is 0 Å². The highest BCUT2D eigenvalue weighted by Gasteiger charge is 2.24. The summed E-state index contributed by atoms with van der Waals surface area (Å²) in [6.07, 6.45) is 4.58. The van der Waals surface area contributed by atoms with Gasteiger partial charge in [0.1, 0.15) is 0 Å². The molecule has 3 N–H and O–H groups in total. The molecule has 5 nitrogen and oxygen atoms in total. The van der Waals surface area contributed by atoms with Crippen molar-refractivity contribution in [3.05, 3.63) is 11.1 Å². The van der Waals surface area contributed by atoms with Crippen molar-refractivity contribution in [2.45, 2.75) is 39.7 Å². The predicted octanol–water partition coefficient (Wildman–Crippen LogP) is 2.21. The predicted molar refractivity (Wildman–Crippen MR) is 77.5 cm³/mol. The van der Waals surface area contributed by atoms with E-state index in [1.807, 2.05) is 4.90 Å². The second kappa shape index (κ2) is 6.34. The van der Waals surface area contributed by atoms with Gasteiger partial charge in [-0.05, 0) is 24.7 Å². The van der Waals surface area contributed by atoms with Crippen molar-refractivity contribution in [1.82, 2.24) is 9.88 Å². The summed E-state index contributed by atoms with van der Waals surface area (Å²) in [6, 6.07) is 0. The summed E-state index contributed by atoms with van der Waals surface area (Å²) in [5, 5.41) is 0.692. The highest BCUT2D eigenvalue weighted by Crippen LogP contribution is 2.27. The molecule has 0 spiro atoms. The average Bonchev–Trinajstić information content (AvgIpc) is 2.75. The van der Waals surface area contributed by atoms with Crippen LogP contribution in [0, 0.1) is 11.8 Å². The summed E-state index contributed by atoms with van der Waals surface area (Å²) in [5.41, 5.74) is 2.53. The van der Waals surface area contributed by atoms with Crippen LogP contribution in [0.2, 0.25) is 0 Å². The molecule has 2 heterocycles. The van der Waals surface area contributed by atoms with E-state index in [4.69, 9.17) is 5.84 Å². The molecule has 1 aromatic heterocycles. The summed E-state index contributed by atoms with van der Waals surface area (Å²) in [6.45, 7) is 5.99. The van der Waals surface area contributed by atoms with Crippen molar-refractivity contribution in [3.8, 4) is 0 Å². The summed E-state index contributed by atoms with van der Waals surface area (Å²) in [5.74, 6) is 6.90. The molecule has 1 aliphatic rings. The molecule has 1 amide bonds. The van der Waals surface area contributed by atoms with Crippen LogP contribution in [0.5, 0.6) is 0 Å². The van der Waals surface area contributed by atoms with Gasteiger partial charge in [-0.15, -0.1) is 0 Å². The lowest BCUT2D eigenvalue weighted by atomic mass is 9.89. The van der Waals surface area contributed by atoms with Crippen LogP contribution in [0.1, 0.15) is 38.0 Å². The van der Waals surface area contributed by atoms with Gasteiger partial charge in [-0.3, -0.25) is 10.2 Å². The zero-order valence-electron chi connectivity index (χ0n) is 11.6. The maximum Gasteiger partial charge on any atom is 0.222 e. The van der Waals surface area contributed by atoms with E-state index in [0.29, 0.717) is 29.9 Å². The van der Waals surface area contributed by atoms with E-state index in [1.165, 1.54) is 11.3 Å². The zero-order valence-corrected chi connectivity index (χ0v) is 12.4. The largest absolute Gasteiger partial charge is 0.337 e. The fourth-order valence-corrected chi connectivity index (χ4v) is 3.27. The minimum absolute atomic E-state index is 0.263. The fraction of sp³-hybridized carbons (Fsp3) is 0.692. The number of nitrogens with two attached hydrogens (primary N) is 1. The molecular weight excluding hydrogens is 260 g/mol. The van der Waals surface area contributed by atoms with Crippen molar-refractivity contribution < 1.29 is 4.79 Å². The quantitative estimate of drug-likeness (QED) is 0.656. The first kappa shape index (κ1) is 14.3. The van der Waals surface area contributed by atoms with Crippen LogP contribution >= 0.6 is 11.3 Å². The van der Waals surface area contributed by atoms with Crippen LogP contribution in [0.15, 0.2) is 6.20 Å². The van der Waals surface area contributed by atoms with Crippen molar-refractivity contribution in [2.24, 2.45) is 17.7 Å². The molecule has 19 heavy (non-hydrogen) atoms. The van der Waals surface area contributed by atoms with E-state index in [9.17, 15) is 4.79 Å². The molecule has 106 valence electrons. The Morgan fingerprint density at radius 1 is 1.58 bits per heavy atom. The van der Waals surface area contributed by atoms with Gasteiger partial charge in [0.2, 0.25) is 5.91 Å². The van der Waals surface area contributed by atoms with Crippen molar-refractivity contribution in [1.29, 1.82) is 0 Å². The molecule has 0 bridgehead atoms. The third kappa shape index (κ3) is 3.67. The van der Waals surface area contributed by atoms with Crippen LogP contribution in [-0.4, -0.2) is 22.3 Å². The van der Waals surface area contributed by atoms with E-state index in [2.05, 4.69) is 24.3 Å². The van der Waals surface area contributed by atoms with Crippen molar-refractivity contribution in [3.63, 3.8) is 0 Å². The van der Waals surface area contributed by atoms with Crippen molar-refractivity contribution >= 4 is 22.4 Å². The van der Waals surface area contributed by atoms with Crippen molar-refractivity contribution in [2.75, 3.05) is 12.0 Å². The van der Waals surface area contributed by atoms with E-state index < -0.39 is 0 Å². The Morgan fingerprint density at radius 2 is 2.37 bits per heavy atom. The number of nitrogens with zero attached hydrogens (tertiary/aromatic N) is 2. The summed E-state index contributed by atoms with van der Waals surface area (Å²) >= 11 is 1.50. The molecule has 1 aliphatic heterocycles. The zero-order chi connectivity index (χ0) is 13.8. The van der Waals surface area contributed by atoms with Crippen LogP contribution in [0.4, 0.5) is 5.13 Å². The smallest absolute Gasteiger partial charge is 0.222 e. The molecule has 0 saturated carbocycles. The number of anilines is 1. The first-order valence-corrected chi connectivity index (χ1v) is 7.61. The topological polar surface area (TPSA) is 71.2 Å². The molecular formula is C13H22N4OS. The average molecular weight is 282 g/mol. The summed E-state index contributed by atoms with van der Waals surface area (Å²) in [7, 11) is 0. The van der Waals surface area contributed by atoms with E-state index in [0.717, 1.165) is 24.3 Å². The Bertz CT molecular complexity index is 432. The van der Waals surface area contributed by atoms with Crippen LogP contribution in [-0.2, 0) is 11.3 Å². The normalized spacial score (nSPS) is 20.7. The van der Waals surface area contributed by atoms with E-state index in [-0.39, 0.29) is 5.91 Å². The Morgan fingerprint density at radius 3 is 3.00 bits per heavy atom. The number of thiazole rings is 1. The first-order valence-electron chi connectivity index (χ1n) is 6.79. The molecule has 0 radical (unpaired) electrons. The lowest BCUT2D eigenvalue weighted by Gasteiger charge is -2.21. The minimum atomic E-state index is 0.263. The van der Waals surface area contributed by atoms with E-state index >= 15 is 0 Å². The molecule has 2 rings (SSSR count). The molecule has 1 unspecified atom stereocenters. The second-order valence-corrected chi connectivity index (χ2v) is 6.54. The van der Waals surface area contributed by atoms with Gasteiger partial charge < -0.3 is 4.90 Å². The maximum absolute atomic E-state index is 12.1. The van der Waals surface area contributed by atoms with Gasteiger partial charge in [-0.2, -0.15) is 0 Å². The lowest BCUT2D eigenvalue weighted by molar-refractivity contribution is -0.131. The third-order valence-electron chi connectivity index (χ3n) is 3.82. The molecule has 6 heteroatoms. The number of likely N-dealkylation sites (tertiary alicyclic amines) is 1. The van der Waals surface area contributed by atoms with Crippen LogP contribution < -0.4 is 11.3 Å². The number of aromatic nitrogens is 1. The Hall–Kier alpha value is -1.14. The number of carbonyl (C=O) groups is 1. The van der Waals surface area contributed by atoms with E-state index in [1.54, 1.807) is 6.20 Å². The van der Waals surface area contributed by atoms with Gasteiger partial charge in [0.25, 0.3) is 0 Å². The van der Waals surface area contributed by atoms with Gasteiger partial charge in [-0.25, -0.2) is 10.8 Å². The number of rotatable bonds is 4. The number of hydrogen-bond acceptors (Lipinski definition) is 5. The summed E-state index contributed by atoms with van der Waals surface area (Å²) < 4.78 is 0. The summed E-state index contributed by atoms with van der Waals surface area (Å²) in [4.78, 5) is 19.3. The first-order chi connectivity index (χ1) is 9.10. The number of nitrogens with one attached hydrogen (secondary N) is 1. The highest BCUT2D eigenvalue weighted by molar-refractivity contribution is 7.15. The monoisotopic (exact) mass is 282 g/mol. The third-order valence-corrected chi connectivity index (χ3v) is 4.73. The highest BCUT2D eigenvalue weighted by atomic mass is 32.1. The van der Waals surface area contributed by atoms with Crippen LogP contribution in [0.3, 0.4) is 0 Å². The molecule has 0 aliphatic carbocycles. The second-order valence-electron chi connectivity index (χ2n) is 5.42. The SMILES string of the molecule is CC(C)C1CCC(=O)N(Cc2cnc(NN)s2)CC1. The fourth-order valence-electron chi connectivity index (χ4n) is 2.53. The van der Waals surface area contributed by atoms with Gasteiger partial charge >= 0.3 is 0 Å². The molecule has 0 aromatic carbocycles. The lowest BCUT2D eigenvalue weighted by Crippen LogP contribution is -2.29.